The molecule has 0 radical (unpaired) electrons. The summed E-state index contributed by atoms with van der Waals surface area (Å²) in [6.07, 6.45) is 0. The molecule has 2 unspecified atom stereocenters. The fraction of sp³-hybridized carbons (Fsp3) is 0.500. The van der Waals surface area contributed by atoms with Crippen molar-refractivity contribution in [2.24, 2.45) is 5.92 Å². The zero-order valence-electron chi connectivity index (χ0n) is 11.0. The topological polar surface area (TPSA) is 30.3 Å². The molecule has 4 heteroatoms. The van der Waals surface area contributed by atoms with Crippen molar-refractivity contribution in [1.82, 2.24) is 4.90 Å². The molecule has 0 aromatic heterocycles. The lowest BCUT2D eigenvalue weighted by Crippen LogP contribution is -2.34. The lowest BCUT2D eigenvalue weighted by molar-refractivity contribution is 0.266. The Balaban J connectivity index is 2.30. The Labute approximate surface area is 107 Å². The van der Waals surface area contributed by atoms with Gasteiger partial charge in [0.25, 0.3) is 0 Å². The van der Waals surface area contributed by atoms with Gasteiger partial charge in [0.15, 0.2) is 0 Å². The van der Waals surface area contributed by atoms with Crippen LogP contribution in [0.25, 0.3) is 0 Å². The largest absolute Gasteiger partial charge is 0.368 e. The van der Waals surface area contributed by atoms with Crippen molar-refractivity contribution < 1.29 is 4.39 Å². The van der Waals surface area contributed by atoms with Crippen LogP contribution in [-0.2, 0) is 0 Å². The Morgan fingerprint density at radius 3 is 2.67 bits per heavy atom. The fourth-order valence-electron chi connectivity index (χ4n) is 2.71. The highest BCUT2D eigenvalue weighted by Crippen LogP contribution is 2.29. The predicted molar refractivity (Wildman–Crippen MR) is 70.0 cm³/mol. The van der Waals surface area contributed by atoms with Crippen molar-refractivity contribution in [3.63, 3.8) is 0 Å². The van der Waals surface area contributed by atoms with Gasteiger partial charge in [-0.2, -0.15) is 5.26 Å². The summed E-state index contributed by atoms with van der Waals surface area (Å²) in [6, 6.07) is 7.24. The number of hydrogen-bond donors (Lipinski definition) is 0. The molecule has 18 heavy (non-hydrogen) atoms. The highest BCUT2D eigenvalue weighted by Gasteiger charge is 2.32. The van der Waals surface area contributed by atoms with Crippen LogP contribution in [0.4, 0.5) is 10.1 Å². The molecular formula is C14H18FN3. The third kappa shape index (κ3) is 2.19. The van der Waals surface area contributed by atoms with Gasteiger partial charge < -0.3 is 9.80 Å². The van der Waals surface area contributed by atoms with E-state index in [0.717, 1.165) is 13.1 Å². The van der Waals surface area contributed by atoms with E-state index in [2.05, 4.69) is 30.8 Å². The Morgan fingerprint density at radius 2 is 2.11 bits per heavy atom. The SMILES string of the molecule is CC1CN(c2cccc(F)c2C#N)CC1N(C)C. The first-order valence-corrected chi connectivity index (χ1v) is 6.14. The molecule has 1 heterocycles. The van der Waals surface area contributed by atoms with E-state index in [4.69, 9.17) is 5.26 Å². The van der Waals surface area contributed by atoms with E-state index in [0.29, 0.717) is 17.6 Å². The lowest BCUT2D eigenvalue weighted by Gasteiger charge is -2.23. The molecule has 0 saturated carbocycles. The van der Waals surface area contributed by atoms with Crippen LogP contribution < -0.4 is 4.90 Å². The van der Waals surface area contributed by atoms with Crippen LogP contribution >= 0.6 is 0 Å². The van der Waals surface area contributed by atoms with Gasteiger partial charge in [0.2, 0.25) is 0 Å². The zero-order chi connectivity index (χ0) is 13.3. The molecule has 1 fully saturated rings. The van der Waals surface area contributed by atoms with Gasteiger partial charge in [0.05, 0.1) is 5.69 Å². The van der Waals surface area contributed by atoms with Crippen molar-refractivity contribution in [1.29, 1.82) is 5.26 Å². The average Bonchev–Trinajstić information content (AvgIpc) is 2.71. The smallest absolute Gasteiger partial charge is 0.143 e. The molecule has 0 spiro atoms. The molecule has 1 saturated heterocycles. The second-order valence-corrected chi connectivity index (χ2v) is 5.16. The Morgan fingerprint density at radius 1 is 1.39 bits per heavy atom. The first-order valence-electron chi connectivity index (χ1n) is 6.14. The molecular weight excluding hydrogens is 229 g/mol. The van der Waals surface area contributed by atoms with Gasteiger partial charge in [-0.05, 0) is 32.1 Å². The van der Waals surface area contributed by atoms with Gasteiger partial charge in [-0.1, -0.05) is 13.0 Å². The molecule has 1 aliphatic heterocycles. The molecule has 0 aliphatic carbocycles. The summed E-state index contributed by atoms with van der Waals surface area (Å²) in [5.41, 5.74) is 0.873. The Kier molecular flexibility index (Phi) is 3.53. The molecule has 0 amide bonds. The second kappa shape index (κ2) is 4.95. The molecule has 96 valence electrons. The maximum atomic E-state index is 13.6. The van der Waals surface area contributed by atoms with Gasteiger partial charge in [-0.3, -0.25) is 0 Å². The van der Waals surface area contributed by atoms with Crippen LogP contribution in [0.15, 0.2) is 18.2 Å². The maximum Gasteiger partial charge on any atom is 0.143 e. The highest BCUT2D eigenvalue weighted by molar-refractivity contribution is 5.60. The molecule has 0 N–H and O–H groups in total. The minimum atomic E-state index is -0.434. The minimum Gasteiger partial charge on any atom is -0.368 e. The number of benzene rings is 1. The van der Waals surface area contributed by atoms with Gasteiger partial charge in [0, 0.05) is 19.1 Å². The van der Waals surface area contributed by atoms with E-state index in [1.165, 1.54) is 6.07 Å². The summed E-state index contributed by atoms with van der Waals surface area (Å²) < 4.78 is 13.6. The highest BCUT2D eigenvalue weighted by atomic mass is 19.1. The van der Waals surface area contributed by atoms with Gasteiger partial charge in [0.1, 0.15) is 17.4 Å². The van der Waals surface area contributed by atoms with E-state index >= 15 is 0 Å². The Hall–Kier alpha value is -1.60. The van der Waals surface area contributed by atoms with E-state index in [-0.39, 0.29) is 5.56 Å². The van der Waals surface area contributed by atoms with Crippen LogP contribution in [0.3, 0.4) is 0 Å². The molecule has 1 aliphatic rings. The summed E-state index contributed by atoms with van der Waals surface area (Å²) in [7, 11) is 4.11. The maximum absolute atomic E-state index is 13.6. The van der Waals surface area contributed by atoms with Crippen molar-refractivity contribution in [2.45, 2.75) is 13.0 Å². The van der Waals surface area contributed by atoms with Gasteiger partial charge in [-0.15, -0.1) is 0 Å². The Bertz CT molecular complexity index is 478. The number of anilines is 1. The molecule has 2 rings (SSSR count). The van der Waals surface area contributed by atoms with E-state index in [1.807, 2.05) is 12.1 Å². The second-order valence-electron chi connectivity index (χ2n) is 5.16. The minimum absolute atomic E-state index is 0.157. The summed E-state index contributed by atoms with van der Waals surface area (Å²) in [4.78, 5) is 4.30. The molecule has 3 nitrogen and oxygen atoms in total. The number of nitriles is 1. The van der Waals surface area contributed by atoms with Crippen molar-refractivity contribution in [2.75, 3.05) is 32.1 Å². The number of hydrogen-bond acceptors (Lipinski definition) is 3. The predicted octanol–water partition coefficient (Wildman–Crippen LogP) is 2.08. The quantitative estimate of drug-likeness (QED) is 0.801. The number of halogens is 1. The van der Waals surface area contributed by atoms with Crippen LogP contribution in [-0.4, -0.2) is 38.1 Å². The first-order chi connectivity index (χ1) is 8.54. The van der Waals surface area contributed by atoms with E-state index in [9.17, 15) is 4.39 Å². The summed E-state index contributed by atoms with van der Waals surface area (Å²) in [5, 5.41) is 9.07. The van der Waals surface area contributed by atoms with E-state index in [1.54, 1.807) is 6.07 Å². The standard InChI is InChI=1S/C14H18FN3/c1-10-8-18(9-14(10)17(2)3)13-6-4-5-12(15)11(13)7-16/h4-6,10,14H,8-9H2,1-3H3. The first kappa shape index (κ1) is 12.8. The average molecular weight is 247 g/mol. The van der Waals surface area contributed by atoms with Crippen LogP contribution in [0.1, 0.15) is 12.5 Å². The van der Waals surface area contributed by atoms with Crippen molar-refractivity contribution >= 4 is 5.69 Å². The molecule has 1 aromatic carbocycles. The van der Waals surface area contributed by atoms with Gasteiger partial charge in [-0.25, -0.2) is 4.39 Å². The molecule has 1 aromatic rings. The van der Waals surface area contributed by atoms with Crippen molar-refractivity contribution in [3.8, 4) is 6.07 Å². The normalized spacial score (nSPS) is 23.4. The van der Waals surface area contributed by atoms with Crippen LogP contribution in [0.5, 0.6) is 0 Å². The monoisotopic (exact) mass is 247 g/mol. The van der Waals surface area contributed by atoms with Crippen LogP contribution in [0, 0.1) is 23.1 Å². The lowest BCUT2D eigenvalue weighted by atomic mass is 10.1. The van der Waals surface area contributed by atoms with Crippen LogP contribution in [0.2, 0.25) is 0 Å². The van der Waals surface area contributed by atoms with E-state index < -0.39 is 5.82 Å². The third-order valence-corrected chi connectivity index (χ3v) is 3.68. The number of likely N-dealkylation sites (N-methyl/N-ethyl adjacent to an activating group) is 1. The molecule has 0 bridgehead atoms. The zero-order valence-corrected chi connectivity index (χ0v) is 11.0. The van der Waals surface area contributed by atoms with Crippen molar-refractivity contribution in [3.05, 3.63) is 29.6 Å². The fourth-order valence-corrected chi connectivity index (χ4v) is 2.71. The number of rotatable bonds is 2. The molecule has 2 atom stereocenters. The van der Waals surface area contributed by atoms with Gasteiger partial charge >= 0.3 is 0 Å². The third-order valence-electron chi connectivity index (χ3n) is 3.68. The summed E-state index contributed by atoms with van der Waals surface area (Å²) >= 11 is 0. The summed E-state index contributed by atoms with van der Waals surface area (Å²) in [6.45, 7) is 3.89. The number of nitrogens with zero attached hydrogens (tertiary/aromatic N) is 3. The summed E-state index contributed by atoms with van der Waals surface area (Å²) in [5.74, 6) is 0.0748.